The Morgan fingerprint density at radius 3 is 2.70 bits per heavy atom. The summed E-state index contributed by atoms with van der Waals surface area (Å²) >= 11 is 0. The molecule has 0 unspecified atom stereocenters. The van der Waals surface area contributed by atoms with Crippen LogP contribution in [0.4, 0.5) is 18.9 Å². The van der Waals surface area contributed by atoms with Crippen LogP contribution in [0.3, 0.4) is 0 Å². The zero-order chi connectivity index (χ0) is 27.3. The fourth-order valence-electron chi connectivity index (χ4n) is 5.03. The van der Waals surface area contributed by atoms with Gasteiger partial charge in [-0.1, -0.05) is 12.1 Å². The number of alkyl halides is 3. The van der Waals surface area contributed by atoms with Crippen molar-refractivity contribution in [3.05, 3.63) is 71.5 Å². The predicted molar refractivity (Wildman–Crippen MR) is 141 cm³/mol. The van der Waals surface area contributed by atoms with Crippen LogP contribution >= 0.6 is 0 Å². The molecule has 0 saturated carbocycles. The summed E-state index contributed by atoms with van der Waals surface area (Å²) < 4.78 is 62.1. The van der Waals surface area contributed by atoms with E-state index in [-0.39, 0.29) is 53.9 Å². The maximum absolute atomic E-state index is 12.7. The van der Waals surface area contributed by atoms with E-state index in [1.54, 1.807) is 12.1 Å². The zero-order valence-electron chi connectivity index (χ0n) is 22.0. The SMILES string of the molecule is CC(=O)O[C@@H]1COc2cc(N[C@@H]3COc4c3cccc4-n3c(C)nc4ccc(OCC(F)(F)F)cc43)ccc21.[Na]. The van der Waals surface area contributed by atoms with Gasteiger partial charge in [-0.2, -0.15) is 13.2 Å². The number of carbonyl (C=O) groups excluding carboxylic acids is 1. The van der Waals surface area contributed by atoms with Crippen LogP contribution in [-0.4, -0.2) is 71.1 Å². The number of aromatic nitrogens is 2. The number of fused-ring (bicyclic) bond motifs is 3. The number of anilines is 1. The molecule has 0 saturated heterocycles. The maximum atomic E-state index is 12.7. The van der Waals surface area contributed by atoms with Gasteiger partial charge in [0.05, 0.1) is 22.8 Å². The van der Waals surface area contributed by atoms with Gasteiger partial charge in [0.25, 0.3) is 0 Å². The average Bonchev–Trinajstić information content (AvgIpc) is 3.57. The number of hydrogen-bond donors (Lipinski definition) is 1. The Bertz CT molecular complexity index is 1590. The number of hydrogen-bond acceptors (Lipinski definition) is 7. The van der Waals surface area contributed by atoms with Crippen molar-refractivity contribution in [2.24, 2.45) is 0 Å². The quantitative estimate of drug-likeness (QED) is 0.248. The van der Waals surface area contributed by atoms with Crippen LogP contribution in [-0.2, 0) is 9.53 Å². The molecule has 2 aliphatic rings. The normalized spacial score (nSPS) is 17.3. The number of rotatable bonds is 6. The summed E-state index contributed by atoms with van der Waals surface area (Å²) in [6.45, 7) is 2.47. The second-order valence-electron chi connectivity index (χ2n) is 9.41. The van der Waals surface area contributed by atoms with Gasteiger partial charge >= 0.3 is 12.1 Å². The number of imidazole rings is 1. The van der Waals surface area contributed by atoms with Gasteiger partial charge in [0.15, 0.2) is 12.7 Å². The summed E-state index contributed by atoms with van der Waals surface area (Å²) in [7, 11) is 0. The molecule has 0 fully saturated rings. The summed E-state index contributed by atoms with van der Waals surface area (Å²) in [4.78, 5) is 15.9. The summed E-state index contributed by atoms with van der Waals surface area (Å²) in [5.74, 6) is 1.71. The summed E-state index contributed by atoms with van der Waals surface area (Å²) in [5.41, 5.74) is 4.53. The number of benzene rings is 3. The molecule has 1 radical (unpaired) electrons. The van der Waals surface area contributed by atoms with E-state index in [2.05, 4.69) is 10.3 Å². The second-order valence-corrected chi connectivity index (χ2v) is 9.41. The first-order chi connectivity index (χ1) is 18.7. The van der Waals surface area contributed by atoms with E-state index >= 15 is 0 Å². The molecule has 2 atom stereocenters. The molecule has 4 aromatic rings. The largest absolute Gasteiger partial charge is 0.489 e. The van der Waals surface area contributed by atoms with Crippen LogP contribution in [0, 0.1) is 6.92 Å². The van der Waals surface area contributed by atoms with Crippen molar-refractivity contribution in [2.75, 3.05) is 25.1 Å². The molecule has 1 aromatic heterocycles. The van der Waals surface area contributed by atoms with Crippen LogP contribution in [0.25, 0.3) is 16.7 Å². The van der Waals surface area contributed by atoms with Gasteiger partial charge in [-0.25, -0.2) is 4.98 Å². The number of para-hydroxylation sites is 1. The molecule has 8 nitrogen and oxygen atoms in total. The molecular weight excluding hydrogens is 538 g/mol. The van der Waals surface area contributed by atoms with Gasteiger partial charge in [0.2, 0.25) is 0 Å². The van der Waals surface area contributed by atoms with Gasteiger partial charge < -0.3 is 24.3 Å². The van der Waals surface area contributed by atoms with Gasteiger partial charge in [0, 0.05) is 65.4 Å². The van der Waals surface area contributed by atoms with E-state index in [9.17, 15) is 18.0 Å². The van der Waals surface area contributed by atoms with Crippen LogP contribution < -0.4 is 19.5 Å². The number of halogens is 3. The molecule has 0 amide bonds. The monoisotopic (exact) mass is 562 g/mol. The fraction of sp³-hybridized carbons (Fsp3) is 0.286. The van der Waals surface area contributed by atoms with Crippen LogP contribution in [0.5, 0.6) is 17.2 Å². The smallest absolute Gasteiger partial charge is 0.422 e. The van der Waals surface area contributed by atoms with Crippen LogP contribution in [0.1, 0.15) is 36.0 Å². The average molecular weight is 563 g/mol. The van der Waals surface area contributed by atoms with E-state index in [0.29, 0.717) is 35.0 Å². The van der Waals surface area contributed by atoms with Gasteiger partial charge in [-0.05, 0) is 37.3 Å². The molecule has 40 heavy (non-hydrogen) atoms. The topological polar surface area (TPSA) is 83.8 Å². The minimum absolute atomic E-state index is 0. The third kappa shape index (κ3) is 5.45. The van der Waals surface area contributed by atoms with Crippen molar-refractivity contribution in [1.82, 2.24) is 9.55 Å². The Morgan fingerprint density at radius 2 is 1.93 bits per heavy atom. The van der Waals surface area contributed by atoms with Crippen LogP contribution in [0.15, 0.2) is 54.6 Å². The van der Waals surface area contributed by atoms with Crippen molar-refractivity contribution in [3.63, 3.8) is 0 Å². The molecule has 203 valence electrons. The Morgan fingerprint density at radius 1 is 1.10 bits per heavy atom. The van der Waals surface area contributed by atoms with Gasteiger partial charge in [-0.15, -0.1) is 0 Å². The molecule has 6 rings (SSSR count). The first-order valence-electron chi connectivity index (χ1n) is 12.3. The molecule has 3 heterocycles. The van der Waals surface area contributed by atoms with E-state index in [4.69, 9.17) is 18.9 Å². The minimum atomic E-state index is -4.43. The first-order valence-corrected chi connectivity index (χ1v) is 12.3. The second kappa shape index (κ2) is 10.9. The standard InChI is InChI=1S/C28H24F3N3O5.Na/c1-15-32-21-9-7-18(38-14-28(29,30)31)11-24(21)34(15)23-5-3-4-19-22(12-37-27(19)23)33-17-6-8-20-25(10-17)36-13-26(20)39-16(2)35;/h3-11,22,26,33H,12-14H2,1-2H3;/t22-,26-;/m1./s1. The predicted octanol–water partition coefficient (Wildman–Crippen LogP) is 5.44. The molecule has 12 heteroatoms. The number of ether oxygens (including phenoxy) is 4. The Labute approximate surface area is 249 Å². The molecule has 0 aliphatic carbocycles. The number of esters is 1. The van der Waals surface area contributed by atoms with Crippen molar-refractivity contribution in [3.8, 4) is 22.9 Å². The van der Waals surface area contributed by atoms with Crippen molar-refractivity contribution < 1.29 is 36.9 Å². The van der Waals surface area contributed by atoms with Crippen molar-refractivity contribution in [1.29, 1.82) is 0 Å². The van der Waals surface area contributed by atoms with Gasteiger partial charge in [0.1, 0.15) is 36.3 Å². The fourth-order valence-corrected chi connectivity index (χ4v) is 5.03. The molecule has 2 aliphatic heterocycles. The molecular formula is C28H24F3N3NaO5. The minimum Gasteiger partial charge on any atom is -0.489 e. The van der Waals surface area contributed by atoms with Crippen LogP contribution in [0.2, 0.25) is 0 Å². The Kier molecular flexibility index (Phi) is 7.64. The zero-order valence-corrected chi connectivity index (χ0v) is 24.0. The van der Waals surface area contributed by atoms with E-state index < -0.39 is 18.9 Å². The molecule has 0 spiro atoms. The van der Waals surface area contributed by atoms with E-state index in [1.807, 2.05) is 47.9 Å². The summed E-state index contributed by atoms with van der Waals surface area (Å²) in [6.07, 6.45) is -4.85. The number of carbonyl (C=O) groups is 1. The third-order valence-electron chi connectivity index (χ3n) is 6.63. The Hall–Kier alpha value is -3.41. The number of aryl methyl sites for hydroxylation is 1. The number of nitrogens with one attached hydrogen (secondary N) is 1. The maximum Gasteiger partial charge on any atom is 0.422 e. The number of nitrogens with zero attached hydrogens (tertiary/aromatic N) is 2. The van der Waals surface area contributed by atoms with Crippen molar-refractivity contribution in [2.45, 2.75) is 32.2 Å². The van der Waals surface area contributed by atoms with Crippen molar-refractivity contribution >= 4 is 52.2 Å². The summed E-state index contributed by atoms with van der Waals surface area (Å²) in [6, 6.07) is 15.9. The van der Waals surface area contributed by atoms with Gasteiger partial charge in [-0.3, -0.25) is 9.36 Å². The molecule has 3 aromatic carbocycles. The third-order valence-corrected chi connectivity index (χ3v) is 6.63. The molecule has 1 N–H and O–H groups in total. The Balaban J connectivity index is 0.00000323. The summed E-state index contributed by atoms with van der Waals surface area (Å²) in [5, 5.41) is 3.48. The van der Waals surface area contributed by atoms with E-state index in [1.165, 1.54) is 13.0 Å². The first kappa shape index (κ1) is 28.1. The molecule has 0 bridgehead atoms. The van der Waals surface area contributed by atoms with E-state index in [0.717, 1.165) is 22.5 Å².